The van der Waals surface area contributed by atoms with Crippen LogP contribution in [0.4, 0.5) is 4.39 Å². The number of likely N-dealkylation sites (N-methyl/N-ethyl adjacent to an activating group) is 1. The summed E-state index contributed by atoms with van der Waals surface area (Å²) in [4.78, 5) is 33.3. The van der Waals surface area contributed by atoms with Crippen LogP contribution >= 0.6 is 11.6 Å². The van der Waals surface area contributed by atoms with E-state index in [-0.39, 0.29) is 24.8 Å². The second kappa shape index (κ2) is 6.55. The second-order valence-corrected chi connectivity index (χ2v) is 6.60. The number of oxazole rings is 1. The highest BCUT2D eigenvalue weighted by Gasteiger charge is 2.17. The van der Waals surface area contributed by atoms with Crippen molar-refractivity contribution in [1.29, 1.82) is 0 Å². The van der Waals surface area contributed by atoms with Crippen LogP contribution in [0.1, 0.15) is 5.82 Å². The second-order valence-electron chi connectivity index (χ2n) is 6.16. The van der Waals surface area contributed by atoms with E-state index in [4.69, 9.17) is 16.0 Å². The number of imidazole rings is 1. The van der Waals surface area contributed by atoms with E-state index in [0.717, 1.165) is 0 Å². The number of aromatic amines is 1. The summed E-state index contributed by atoms with van der Waals surface area (Å²) in [5, 5.41) is 0.437. The number of aromatic nitrogens is 3. The fourth-order valence-electron chi connectivity index (χ4n) is 2.86. The molecule has 2 heterocycles. The number of hydrogen-bond acceptors (Lipinski definition) is 4. The van der Waals surface area contributed by atoms with E-state index < -0.39 is 5.76 Å². The van der Waals surface area contributed by atoms with Crippen LogP contribution in [-0.2, 0) is 17.9 Å². The first-order valence-electron chi connectivity index (χ1n) is 8.08. The largest absolute Gasteiger partial charge is 0.420 e. The molecule has 0 fully saturated rings. The predicted octanol–water partition coefficient (Wildman–Crippen LogP) is 2.92. The number of amides is 1. The molecule has 0 aliphatic rings. The topological polar surface area (TPSA) is 84.1 Å². The van der Waals surface area contributed by atoms with E-state index in [9.17, 15) is 14.0 Å². The minimum atomic E-state index is -0.631. The van der Waals surface area contributed by atoms with Crippen LogP contribution in [0.2, 0.25) is 5.02 Å². The Hall–Kier alpha value is -3.13. The first kappa shape index (κ1) is 17.3. The molecule has 0 saturated heterocycles. The van der Waals surface area contributed by atoms with Crippen molar-refractivity contribution in [3.8, 4) is 0 Å². The van der Waals surface area contributed by atoms with Gasteiger partial charge in [-0.2, -0.15) is 0 Å². The fourth-order valence-corrected chi connectivity index (χ4v) is 3.03. The van der Waals surface area contributed by atoms with Crippen LogP contribution in [-0.4, -0.2) is 32.4 Å². The third-order valence-corrected chi connectivity index (χ3v) is 4.46. The number of H-pyrrole nitrogens is 1. The molecule has 0 aliphatic carbocycles. The number of halogens is 2. The number of nitrogens with one attached hydrogen (secondary N) is 1. The smallest absolute Gasteiger partial charge is 0.408 e. The molecule has 9 heteroatoms. The summed E-state index contributed by atoms with van der Waals surface area (Å²) in [5.74, 6) is -0.800. The number of benzene rings is 2. The third-order valence-electron chi connectivity index (χ3n) is 4.23. The third kappa shape index (κ3) is 3.31. The van der Waals surface area contributed by atoms with E-state index in [2.05, 4.69) is 9.97 Å². The van der Waals surface area contributed by atoms with Crippen molar-refractivity contribution in [3.63, 3.8) is 0 Å². The molecule has 1 N–H and O–H groups in total. The highest BCUT2D eigenvalue weighted by molar-refractivity contribution is 6.31. The van der Waals surface area contributed by atoms with Gasteiger partial charge in [-0.05, 0) is 36.4 Å². The van der Waals surface area contributed by atoms with Crippen molar-refractivity contribution in [2.24, 2.45) is 0 Å². The number of rotatable bonds is 4. The average Bonchev–Trinajstić information content (AvgIpc) is 3.15. The number of carbonyl (C=O) groups is 1. The van der Waals surface area contributed by atoms with Gasteiger partial charge in [0.15, 0.2) is 5.58 Å². The van der Waals surface area contributed by atoms with E-state index >= 15 is 0 Å². The number of fused-ring (bicyclic) bond motifs is 2. The van der Waals surface area contributed by atoms with Gasteiger partial charge in [0.2, 0.25) is 5.91 Å². The Morgan fingerprint density at radius 3 is 2.96 bits per heavy atom. The zero-order valence-corrected chi connectivity index (χ0v) is 15.0. The zero-order valence-electron chi connectivity index (χ0n) is 14.2. The van der Waals surface area contributed by atoms with Crippen LogP contribution in [0.5, 0.6) is 0 Å². The minimum absolute atomic E-state index is 0.181. The summed E-state index contributed by atoms with van der Waals surface area (Å²) in [5.41, 5.74) is 1.98. The van der Waals surface area contributed by atoms with E-state index in [0.29, 0.717) is 33.0 Å². The summed E-state index contributed by atoms with van der Waals surface area (Å²) in [6.45, 7) is -0.0159. The van der Waals surface area contributed by atoms with Gasteiger partial charge in [-0.15, -0.1) is 0 Å². The zero-order chi connectivity index (χ0) is 19.1. The lowest BCUT2D eigenvalue weighted by Crippen LogP contribution is -2.32. The average molecular weight is 389 g/mol. The van der Waals surface area contributed by atoms with Crippen molar-refractivity contribution in [2.75, 3.05) is 7.05 Å². The van der Waals surface area contributed by atoms with E-state index in [1.165, 1.54) is 21.6 Å². The van der Waals surface area contributed by atoms with Gasteiger partial charge in [0, 0.05) is 12.1 Å². The standard InChI is InChI=1S/C18H14ClFN4O3/c1-23(8-16-21-12-4-3-11(20)7-13(12)22-16)17(25)9-24-14-6-10(19)2-5-15(14)27-18(24)26/h2-7H,8-9H2,1H3,(H,21,22). The molecule has 0 atom stereocenters. The van der Waals surface area contributed by atoms with Gasteiger partial charge >= 0.3 is 5.76 Å². The first-order valence-corrected chi connectivity index (χ1v) is 8.45. The lowest BCUT2D eigenvalue weighted by Gasteiger charge is -2.15. The van der Waals surface area contributed by atoms with Crippen LogP contribution in [0, 0.1) is 5.82 Å². The molecule has 2 aromatic carbocycles. The van der Waals surface area contributed by atoms with Crippen LogP contribution in [0.15, 0.2) is 45.6 Å². The quantitative estimate of drug-likeness (QED) is 0.582. The van der Waals surface area contributed by atoms with Crippen LogP contribution < -0.4 is 5.76 Å². The maximum Gasteiger partial charge on any atom is 0.420 e. The van der Waals surface area contributed by atoms with Gasteiger partial charge in [0.25, 0.3) is 0 Å². The summed E-state index contributed by atoms with van der Waals surface area (Å²) >= 11 is 5.96. The molecule has 4 rings (SSSR count). The Kier molecular flexibility index (Phi) is 4.19. The molecule has 0 bridgehead atoms. The summed E-state index contributed by atoms with van der Waals surface area (Å²) < 4.78 is 19.6. The normalized spacial score (nSPS) is 11.4. The highest BCUT2D eigenvalue weighted by Crippen LogP contribution is 2.19. The first-order chi connectivity index (χ1) is 12.9. The molecule has 0 spiro atoms. The molecule has 0 radical (unpaired) electrons. The van der Waals surface area contributed by atoms with Crippen molar-refractivity contribution in [1.82, 2.24) is 19.4 Å². The Labute approximate surface area is 157 Å². The Bertz CT molecular complexity index is 1230. The molecular weight excluding hydrogens is 375 g/mol. The number of hydrogen-bond donors (Lipinski definition) is 1. The van der Waals surface area contributed by atoms with Gasteiger partial charge < -0.3 is 14.3 Å². The molecule has 7 nitrogen and oxygen atoms in total. The van der Waals surface area contributed by atoms with Gasteiger partial charge in [-0.1, -0.05) is 11.6 Å². The Morgan fingerprint density at radius 1 is 1.33 bits per heavy atom. The van der Waals surface area contributed by atoms with Crippen molar-refractivity contribution < 1.29 is 13.6 Å². The molecule has 4 aromatic rings. The van der Waals surface area contributed by atoms with Crippen molar-refractivity contribution in [2.45, 2.75) is 13.1 Å². The molecule has 2 aromatic heterocycles. The van der Waals surface area contributed by atoms with Crippen LogP contribution in [0.3, 0.4) is 0 Å². The monoisotopic (exact) mass is 388 g/mol. The highest BCUT2D eigenvalue weighted by atomic mass is 35.5. The maximum absolute atomic E-state index is 13.3. The molecule has 0 saturated carbocycles. The molecule has 1 amide bonds. The molecule has 0 unspecified atom stereocenters. The maximum atomic E-state index is 13.3. The lowest BCUT2D eigenvalue weighted by molar-refractivity contribution is -0.131. The fraction of sp³-hybridized carbons (Fsp3) is 0.167. The summed E-state index contributed by atoms with van der Waals surface area (Å²) in [7, 11) is 1.59. The summed E-state index contributed by atoms with van der Waals surface area (Å²) in [6.07, 6.45) is 0. The number of carbonyl (C=O) groups excluding carboxylic acids is 1. The SMILES string of the molecule is CN(Cc1nc2ccc(F)cc2[nH]1)C(=O)Cn1c(=O)oc2ccc(Cl)cc21. The van der Waals surface area contributed by atoms with Gasteiger partial charge in [-0.3, -0.25) is 9.36 Å². The molecule has 27 heavy (non-hydrogen) atoms. The van der Waals surface area contributed by atoms with Gasteiger partial charge in [0.1, 0.15) is 18.2 Å². The van der Waals surface area contributed by atoms with Gasteiger partial charge in [0.05, 0.1) is 23.1 Å². The van der Waals surface area contributed by atoms with Crippen molar-refractivity contribution >= 4 is 39.6 Å². The Balaban J connectivity index is 1.55. The summed E-state index contributed by atoms with van der Waals surface area (Å²) in [6, 6.07) is 8.99. The van der Waals surface area contributed by atoms with Crippen molar-refractivity contribution in [3.05, 3.63) is 63.6 Å². The minimum Gasteiger partial charge on any atom is -0.408 e. The predicted molar refractivity (Wildman–Crippen MR) is 98.0 cm³/mol. The lowest BCUT2D eigenvalue weighted by atomic mass is 10.3. The molecular formula is C18H14ClFN4O3. The van der Waals surface area contributed by atoms with Gasteiger partial charge in [-0.25, -0.2) is 14.2 Å². The van der Waals surface area contributed by atoms with E-state index in [1.54, 1.807) is 31.3 Å². The molecule has 0 aliphatic heterocycles. The Morgan fingerprint density at radius 2 is 2.15 bits per heavy atom. The number of nitrogens with zero attached hydrogens (tertiary/aromatic N) is 3. The van der Waals surface area contributed by atoms with E-state index in [1.807, 2.05) is 0 Å². The van der Waals surface area contributed by atoms with Crippen LogP contribution in [0.25, 0.3) is 22.1 Å². The molecule has 138 valence electrons.